The number of ether oxygens (including phenoxy) is 2. The van der Waals surface area contributed by atoms with Crippen LogP contribution < -0.4 is 4.74 Å². The summed E-state index contributed by atoms with van der Waals surface area (Å²) in [7, 11) is 0. The number of benzene rings is 2. The normalized spacial score (nSPS) is 19.8. The second kappa shape index (κ2) is 10.2. The van der Waals surface area contributed by atoms with Gasteiger partial charge < -0.3 is 14.4 Å². The molecule has 182 valence electrons. The van der Waals surface area contributed by atoms with E-state index in [1.54, 1.807) is 12.4 Å². The van der Waals surface area contributed by atoms with Crippen LogP contribution in [-0.2, 0) is 14.9 Å². The number of hydrogen-bond donors (Lipinski definition) is 0. The van der Waals surface area contributed by atoms with Gasteiger partial charge in [-0.2, -0.15) is 0 Å². The maximum absolute atomic E-state index is 14.3. The average Bonchev–Trinajstić information content (AvgIpc) is 2.89. The number of piperidine rings is 1. The molecule has 0 radical (unpaired) electrons. The molecule has 35 heavy (non-hydrogen) atoms. The van der Waals surface area contributed by atoms with Crippen LogP contribution in [0.4, 0.5) is 0 Å². The highest BCUT2D eigenvalue weighted by molar-refractivity contribution is 5.88. The second-order valence-electron chi connectivity index (χ2n) is 9.82. The minimum atomic E-state index is -0.539. The number of aryl methyl sites for hydroxylation is 2. The van der Waals surface area contributed by atoms with E-state index in [2.05, 4.69) is 46.9 Å². The van der Waals surface area contributed by atoms with Crippen molar-refractivity contribution in [3.05, 3.63) is 83.3 Å². The van der Waals surface area contributed by atoms with Crippen LogP contribution in [-0.4, -0.2) is 47.1 Å². The van der Waals surface area contributed by atoms with E-state index in [-0.39, 0.29) is 11.8 Å². The molecule has 3 heterocycles. The number of carbonyl (C=O) groups is 1. The highest BCUT2D eigenvalue weighted by Crippen LogP contribution is 2.40. The molecule has 0 spiro atoms. The summed E-state index contributed by atoms with van der Waals surface area (Å²) in [6.45, 7) is 6.80. The van der Waals surface area contributed by atoms with Crippen molar-refractivity contribution in [2.75, 3.05) is 26.3 Å². The summed E-state index contributed by atoms with van der Waals surface area (Å²) < 4.78 is 11.8. The number of hydrogen-bond acceptors (Lipinski definition) is 5. The van der Waals surface area contributed by atoms with Crippen molar-refractivity contribution in [3.8, 4) is 11.6 Å². The van der Waals surface area contributed by atoms with Crippen LogP contribution in [0.2, 0.25) is 0 Å². The van der Waals surface area contributed by atoms with E-state index in [4.69, 9.17) is 9.47 Å². The van der Waals surface area contributed by atoms with Crippen LogP contribution in [0.3, 0.4) is 0 Å². The Morgan fingerprint density at radius 1 is 1.03 bits per heavy atom. The van der Waals surface area contributed by atoms with Crippen LogP contribution in [0.15, 0.2) is 60.9 Å². The van der Waals surface area contributed by atoms with Gasteiger partial charge in [0.05, 0.1) is 5.41 Å². The van der Waals surface area contributed by atoms with Gasteiger partial charge in [-0.05, 0) is 57.2 Å². The maximum atomic E-state index is 14.3. The van der Waals surface area contributed by atoms with E-state index < -0.39 is 5.41 Å². The highest BCUT2D eigenvalue weighted by atomic mass is 16.5. The molecular weight excluding hydrogens is 438 g/mol. The summed E-state index contributed by atoms with van der Waals surface area (Å²) in [5.74, 6) is 1.54. The topological polar surface area (TPSA) is 64.6 Å². The zero-order chi connectivity index (χ0) is 24.3. The number of carbonyl (C=O) groups excluding carboxylic acids is 1. The molecule has 2 fully saturated rings. The zero-order valence-corrected chi connectivity index (χ0v) is 20.6. The molecule has 3 aromatic rings. The largest absolute Gasteiger partial charge is 0.437 e. The lowest BCUT2D eigenvalue weighted by molar-refractivity contribution is -0.142. The molecule has 0 saturated carbocycles. The predicted molar refractivity (Wildman–Crippen MR) is 135 cm³/mol. The molecule has 1 aromatic heterocycles. The Kier molecular flexibility index (Phi) is 6.82. The first-order valence-electron chi connectivity index (χ1n) is 12.5. The van der Waals surface area contributed by atoms with Gasteiger partial charge in [0.15, 0.2) is 0 Å². The predicted octanol–water partition coefficient (Wildman–Crippen LogP) is 5.34. The van der Waals surface area contributed by atoms with E-state index in [9.17, 15) is 4.79 Å². The molecule has 1 atom stereocenters. The van der Waals surface area contributed by atoms with Gasteiger partial charge in [-0.1, -0.05) is 47.5 Å². The van der Waals surface area contributed by atoms with Crippen LogP contribution in [0.25, 0.3) is 0 Å². The Balaban J connectivity index is 1.42. The van der Waals surface area contributed by atoms with Crippen molar-refractivity contribution < 1.29 is 14.3 Å². The van der Waals surface area contributed by atoms with Crippen molar-refractivity contribution in [2.24, 2.45) is 0 Å². The monoisotopic (exact) mass is 471 g/mol. The number of rotatable bonds is 5. The molecule has 0 unspecified atom stereocenters. The van der Waals surface area contributed by atoms with Crippen molar-refractivity contribution >= 4 is 5.91 Å². The molecule has 0 N–H and O–H groups in total. The lowest BCUT2D eigenvalue weighted by Gasteiger charge is -2.43. The zero-order valence-electron chi connectivity index (χ0n) is 20.6. The third kappa shape index (κ3) is 4.94. The molecular formula is C29H33N3O3. The van der Waals surface area contributed by atoms with Crippen LogP contribution in [0.1, 0.15) is 54.0 Å². The molecule has 2 saturated heterocycles. The van der Waals surface area contributed by atoms with Gasteiger partial charge in [-0.3, -0.25) is 9.78 Å². The summed E-state index contributed by atoms with van der Waals surface area (Å²) in [5, 5.41) is 0. The number of likely N-dealkylation sites (tertiary alicyclic amines) is 1. The quantitative estimate of drug-likeness (QED) is 0.503. The smallest absolute Gasteiger partial charge is 0.241 e. The maximum Gasteiger partial charge on any atom is 0.241 e. The van der Waals surface area contributed by atoms with Crippen LogP contribution in [0.5, 0.6) is 11.6 Å². The molecule has 6 heteroatoms. The lowest BCUT2D eigenvalue weighted by atomic mass is 9.71. The standard InChI is InChI=1S/C29H33N3O3/c1-21-17-22(2)19-24(18-21)29(10-15-34-16-11-29)28(33)32-14-6-7-23(20-32)26-27(31-13-12-30-26)35-25-8-4-3-5-9-25/h3-5,8-9,12-13,17-19,23H,6-7,10-11,14-16,20H2,1-2H3/t23-/m0/s1. The fraction of sp³-hybridized carbons (Fsp3) is 0.414. The van der Waals surface area contributed by atoms with Crippen molar-refractivity contribution in [1.82, 2.24) is 14.9 Å². The third-order valence-electron chi connectivity index (χ3n) is 7.27. The minimum absolute atomic E-state index is 0.0799. The van der Waals surface area contributed by atoms with Gasteiger partial charge >= 0.3 is 0 Å². The number of amides is 1. The van der Waals surface area contributed by atoms with Crippen LogP contribution in [0, 0.1) is 13.8 Å². The van der Waals surface area contributed by atoms with Gasteiger partial charge in [-0.15, -0.1) is 0 Å². The third-order valence-corrected chi connectivity index (χ3v) is 7.27. The number of nitrogens with zero attached hydrogens (tertiary/aromatic N) is 3. The molecule has 2 aliphatic rings. The molecule has 0 aliphatic carbocycles. The molecule has 2 aliphatic heterocycles. The van der Waals surface area contributed by atoms with Gasteiger partial charge in [0.2, 0.25) is 11.8 Å². The summed E-state index contributed by atoms with van der Waals surface area (Å²) in [6, 6.07) is 16.2. The van der Waals surface area contributed by atoms with E-state index >= 15 is 0 Å². The van der Waals surface area contributed by atoms with E-state index in [1.165, 1.54) is 11.1 Å². The lowest BCUT2D eigenvalue weighted by Crippen LogP contribution is -2.52. The first-order chi connectivity index (χ1) is 17.0. The van der Waals surface area contributed by atoms with Crippen LogP contribution >= 0.6 is 0 Å². The number of aromatic nitrogens is 2. The van der Waals surface area contributed by atoms with E-state index in [0.717, 1.165) is 36.4 Å². The summed E-state index contributed by atoms with van der Waals surface area (Å²) in [6.07, 6.45) is 6.67. The fourth-order valence-electron chi connectivity index (χ4n) is 5.58. The van der Waals surface area contributed by atoms with Gasteiger partial charge in [-0.25, -0.2) is 4.98 Å². The van der Waals surface area contributed by atoms with Crippen molar-refractivity contribution in [1.29, 1.82) is 0 Å². The van der Waals surface area contributed by atoms with Crippen molar-refractivity contribution in [3.63, 3.8) is 0 Å². The molecule has 6 nitrogen and oxygen atoms in total. The average molecular weight is 472 g/mol. The molecule has 5 rings (SSSR count). The van der Waals surface area contributed by atoms with E-state index in [1.807, 2.05) is 30.3 Å². The fourth-order valence-corrected chi connectivity index (χ4v) is 5.58. The van der Waals surface area contributed by atoms with E-state index in [0.29, 0.717) is 38.5 Å². The minimum Gasteiger partial charge on any atom is -0.437 e. The SMILES string of the molecule is Cc1cc(C)cc(C2(C(=O)N3CCC[C@H](c4nccnc4Oc4ccccc4)C3)CCOCC2)c1. The Labute approximate surface area is 207 Å². The summed E-state index contributed by atoms with van der Waals surface area (Å²) in [5.41, 5.74) is 3.79. The van der Waals surface area contributed by atoms with Crippen molar-refractivity contribution in [2.45, 2.75) is 50.9 Å². The Hall–Kier alpha value is -3.25. The Bertz CT molecular complexity index is 1150. The van der Waals surface area contributed by atoms with Gasteiger partial charge in [0, 0.05) is 44.6 Å². The molecule has 1 amide bonds. The first kappa shape index (κ1) is 23.5. The Morgan fingerprint density at radius 3 is 2.49 bits per heavy atom. The molecule has 0 bridgehead atoms. The summed E-state index contributed by atoms with van der Waals surface area (Å²) >= 11 is 0. The number of para-hydroxylation sites is 1. The highest BCUT2D eigenvalue weighted by Gasteiger charge is 2.45. The second-order valence-corrected chi connectivity index (χ2v) is 9.82. The van der Waals surface area contributed by atoms with Gasteiger partial charge in [0.25, 0.3) is 0 Å². The molecule has 2 aromatic carbocycles. The summed E-state index contributed by atoms with van der Waals surface area (Å²) in [4.78, 5) is 25.5. The van der Waals surface area contributed by atoms with Gasteiger partial charge in [0.1, 0.15) is 11.4 Å². The Morgan fingerprint density at radius 2 is 1.74 bits per heavy atom. The first-order valence-corrected chi connectivity index (χ1v) is 12.5.